The van der Waals surface area contributed by atoms with Crippen LogP contribution in [-0.2, 0) is 9.53 Å². The Bertz CT molecular complexity index is 496. The minimum absolute atomic E-state index is 0.0184. The molecule has 1 amide bonds. The molecule has 0 saturated heterocycles. The average molecular weight is 357 g/mol. The number of nitrogens with one attached hydrogen (secondary N) is 2. The highest BCUT2D eigenvalue weighted by molar-refractivity contribution is 9.10. The molecular weight excluding hydrogens is 336 g/mol. The molecule has 1 aliphatic rings. The van der Waals surface area contributed by atoms with Gasteiger partial charge in [0.15, 0.2) is 0 Å². The predicted octanol–water partition coefficient (Wildman–Crippen LogP) is 2.01. The van der Waals surface area contributed by atoms with Crippen LogP contribution in [0.25, 0.3) is 0 Å². The molecular formula is C15H21BrN2O3. The molecule has 0 saturated carbocycles. The van der Waals surface area contributed by atoms with Crippen LogP contribution in [0.15, 0.2) is 22.7 Å². The van der Waals surface area contributed by atoms with Crippen LogP contribution in [0.3, 0.4) is 0 Å². The van der Waals surface area contributed by atoms with Crippen molar-refractivity contribution < 1.29 is 14.3 Å². The Labute approximate surface area is 133 Å². The number of methoxy groups -OCH3 is 1. The molecule has 5 nitrogen and oxygen atoms in total. The summed E-state index contributed by atoms with van der Waals surface area (Å²) in [6.07, 6.45) is 0.846. The molecule has 1 heterocycles. The molecule has 0 bridgehead atoms. The van der Waals surface area contributed by atoms with Crippen molar-refractivity contribution in [1.29, 1.82) is 0 Å². The highest BCUT2D eigenvalue weighted by Crippen LogP contribution is 2.34. The van der Waals surface area contributed by atoms with Crippen molar-refractivity contribution in [3.63, 3.8) is 0 Å². The molecule has 1 aliphatic heterocycles. The molecule has 0 aliphatic carbocycles. The van der Waals surface area contributed by atoms with Crippen molar-refractivity contribution in [2.75, 3.05) is 26.9 Å². The van der Waals surface area contributed by atoms with E-state index in [1.165, 1.54) is 0 Å². The molecule has 2 rings (SSSR count). The third-order valence-electron chi connectivity index (χ3n) is 3.46. The molecule has 0 radical (unpaired) electrons. The molecule has 21 heavy (non-hydrogen) atoms. The van der Waals surface area contributed by atoms with Gasteiger partial charge in [0.2, 0.25) is 5.91 Å². The van der Waals surface area contributed by atoms with Crippen molar-refractivity contribution in [3.05, 3.63) is 28.2 Å². The fraction of sp³-hybridized carbons (Fsp3) is 0.533. The van der Waals surface area contributed by atoms with Crippen LogP contribution in [0.4, 0.5) is 0 Å². The maximum absolute atomic E-state index is 12.0. The third-order valence-corrected chi connectivity index (χ3v) is 3.95. The van der Waals surface area contributed by atoms with E-state index in [1.807, 2.05) is 25.1 Å². The van der Waals surface area contributed by atoms with Crippen molar-refractivity contribution in [2.45, 2.75) is 25.4 Å². The lowest BCUT2D eigenvalue weighted by molar-refractivity contribution is -0.123. The van der Waals surface area contributed by atoms with Gasteiger partial charge in [-0.2, -0.15) is 0 Å². The Morgan fingerprint density at radius 1 is 1.57 bits per heavy atom. The van der Waals surface area contributed by atoms with Gasteiger partial charge < -0.3 is 14.8 Å². The lowest BCUT2D eigenvalue weighted by Gasteiger charge is -2.29. The lowest BCUT2D eigenvalue weighted by atomic mass is 9.99. The largest absolute Gasteiger partial charge is 0.493 e. The molecule has 2 atom stereocenters. The molecule has 1 aromatic carbocycles. The normalized spacial score (nSPS) is 18.5. The Balaban J connectivity index is 1.97. The van der Waals surface area contributed by atoms with Gasteiger partial charge in [-0.05, 0) is 25.1 Å². The number of fused-ring (bicyclic) bond motifs is 1. The van der Waals surface area contributed by atoms with E-state index >= 15 is 0 Å². The SMILES string of the molecule is COCCNC(=O)C(C)NC1CCOc2ccc(Br)cc21. The number of hydrogen-bond acceptors (Lipinski definition) is 4. The minimum atomic E-state index is -0.267. The summed E-state index contributed by atoms with van der Waals surface area (Å²) >= 11 is 3.48. The molecule has 0 spiro atoms. The van der Waals surface area contributed by atoms with Gasteiger partial charge in [0.1, 0.15) is 5.75 Å². The molecule has 6 heteroatoms. The summed E-state index contributed by atoms with van der Waals surface area (Å²) in [7, 11) is 1.62. The number of hydrogen-bond donors (Lipinski definition) is 2. The van der Waals surface area contributed by atoms with E-state index < -0.39 is 0 Å². The first-order valence-electron chi connectivity index (χ1n) is 7.06. The second-order valence-corrected chi connectivity index (χ2v) is 5.96. The fourth-order valence-electron chi connectivity index (χ4n) is 2.35. The van der Waals surface area contributed by atoms with E-state index in [2.05, 4.69) is 26.6 Å². The summed E-state index contributed by atoms with van der Waals surface area (Å²) in [5.41, 5.74) is 1.09. The highest BCUT2D eigenvalue weighted by atomic mass is 79.9. The van der Waals surface area contributed by atoms with E-state index in [1.54, 1.807) is 7.11 Å². The standard InChI is InChI=1S/C15H21BrN2O3/c1-10(15(19)17-6-8-20-2)18-13-5-7-21-14-4-3-11(16)9-12(13)14/h3-4,9-10,13,18H,5-8H2,1-2H3,(H,17,19). The van der Waals surface area contributed by atoms with Crippen molar-refractivity contribution in [2.24, 2.45) is 0 Å². The van der Waals surface area contributed by atoms with Gasteiger partial charge in [-0.3, -0.25) is 10.1 Å². The number of carbonyl (C=O) groups is 1. The van der Waals surface area contributed by atoms with E-state index in [0.29, 0.717) is 19.8 Å². The summed E-state index contributed by atoms with van der Waals surface area (Å²) in [6.45, 7) is 3.57. The van der Waals surface area contributed by atoms with Gasteiger partial charge in [0.25, 0.3) is 0 Å². The van der Waals surface area contributed by atoms with Gasteiger partial charge >= 0.3 is 0 Å². The molecule has 0 aromatic heterocycles. The van der Waals surface area contributed by atoms with Crippen LogP contribution in [0.5, 0.6) is 5.75 Å². The Morgan fingerprint density at radius 2 is 2.38 bits per heavy atom. The van der Waals surface area contributed by atoms with E-state index in [9.17, 15) is 4.79 Å². The Hall–Kier alpha value is -1.11. The third kappa shape index (κ3) is 4.43. The van der Waals surface area contributed by atoms with Gasteiger partial charge in [-0.1, -0.05) is 15.9 Å². The summed E-state index contributed by atoms with van der Waals surface area (Å²) in [6, 6.07) is 5.81. The summed E-state index contributed by atoms with van der Waals surface area (Å²) in [5, 5.41) is 6.22. The Kier molecular flexibility index (Phi) is 6.02. The van der Waals surface area contributed by atoms with Crippen molar-refractivity contribution >= 4 is 21.8 Å². The van der Waals surface area contributed by atoms with Gasteiger partial charge in [0.05, 0.1) is 19.3 Å². The predicted molar refractivity (Wildman–Crippen MR) is 84.5 cm³/mol. The monoisotopic (exact) mass is 356 g/mol. The minimum Gasteiger partial charge on any atom is -0.493 e. The highest BCUT2D eigenvalue weighted by Gasteiger charge is 2.25. The number of ether oxygens (including phenoxy) is 2. The maximum Gasteiger partial charge on any atom is 0.236 e. The van der Waals surface area contributed by atoms with Gasteiger partial charge in [0, 0.05) is 36.2 Å². The first kappa shape index (κ1) is 16.3. The molecule has 0 fully saturated rings. The maximum atomic E-state index is 12.0. The molecule has 1 aromatic rings. The second kappa shape index (κ2) is 7.77. The van der Waals surface area contributed by atoms with Crippen LogP contribution < -0.4 is 15.4 Å². The fourth-order valence-corrected chi connectivity index (χ4v) is 2.72. The summed E-state index contributed by atoms with van der Waals surface area (Å²) < 4.78 is 11.6. The zero-order valence-corrected chi connectivity index (χ0v) is 13.9. The lowest BCUT2D eigenvalue weighted by Crippen LogP contribution is -2.45. The number of amides is 1. The van der Waals surface area contributed by atoms with Crippen LogP contribution >= 0.6 is 15.9 Å². The Morgan fingerprint density at radius 3 is 3.14 bits per heavy atom. The number of halogens is 1. The molecule has 2 N–H and O–H groups in total. The first-order valence-corrected chi connectivity index (χ1v) is 7.86. The summed E-state index contributed by atoms with van der Waals surface area (Å²) in [4.78, 5) is 12.0. The van der Waals surface area contributed by atoms with Crippen LogP contribution in [0.1, 0.15) is 24.9 Å². The van der Waals surface area contributed by atoms with E-state index in [0.717, 1.165) is 22.2 Å². The summed E-state index contributed by atoms with van der Waals surface area (Å²) in [5.74, 6) is 0.865. The van der Waals surface area contributed by atoms with Crippen molar-refractivity contribution in [3.8, 4) is 5.75 Å². The smallest absolute Gasteiger partial charge is 0.236 e. The van der Waals surface area contributed by atoms with E-state index in [4.69, 9.17) is 9.47 Å². The zero-order chi connectivity index (χ0) is 15.2. The van der Waals surface area contributed by atoms with Gasteiger partial charge in [-0.15, -0.1) is 0 Å². The van der Waals surface area contributed by atoms with Crippen LogP contribution in [0.2, 0.25) is 0 Å². The number of carbonyl (C=O) groups excluding carboxylic acids is 1. The quantitative estimate of drug-likeness (QED) is 0.765. The average Bonchev–Trinajstić information content (AvgIpc) is 2.48. The second-order valence-electron chi connectivity index (χ2n) is 5.04. The number of rotatable bonds is 6. The first-order chi connectivity index (χ1) is 10.1. The van der Waals surface area contributed by atoms with Crippen LogP contribution in [-0.4, -0.2) is 38.8 Å². The van der Waals surface area contributed by atoms with E-state index in [-0.39, 0.29) is 18.0 Å². The molecule has 116 valence electrons. The van der Waals surface area contributed by atoms with Crippen molar-refractivity contribution in [1.82, 2.24) is 10.6 Å². The number of benzene rings is 1. The zero-order valence-electron chi connectivity index (χ0n) is 12.3. The molecule has 2 unspecified atom stereocenters. The van der Waals surface area contributed by atoms with Gasteiger partial charge in [-0.25, -0.2) is 0 Å². The topological polar surface area (TPSA) is 59.6 Å². The van der Waals surface area contributed by atoms with Crippen LogP contribution in [0, 0.1) is 0 Å².